The average Bonchev–Trinajstić information content (AvgIpc) is 2.25. The molecule has 6 heteroatoms. The van der Waals surface area contributed by atoms with Gasteiger partial charge in [-0.15, -0.1) is 0 Å². The van der Waals surface area contributed by atoms with Gasteiger partial charge in [0.25, 0.3) is 0 Å². The molecule has 0 aromatic carbocycles. The molecule has 1 aromatic rings. The number of rotatable bonds is 5. The Bertz CT molecular complexity index is 310. The lowest BCUT2D eigenvalue weighted by Crippen LogP contribution is -2.27. The predicted octanol–water partition coefficient (Wildman–Crippen LogP) is 2.04. The van der Waals surface area contributed by atoms with Gasteiger partial charge in [-0.25, -0.2) is 4.98 Å². The Balaban J connectivity index is 2.15. The lowest BCUT2D eigenvalue weighted by atomic mass is 10.5. The Labute approximate surface area is 101 Å². The van der Waals surface area contributed by atoms with Crippen molar-refractivity contribution >= 4 is 37.4 Å². The maximum atomic E-state index is 10.8. The third kappa shape index (κ3) is 5.24. The van der Waals surface area contributed by atoms with Crippen LogP contribution in [-0.2, 0) is 0 Å². The monoisotopic (exact) mass is 255 g/mol. The number of carbonyl (C=O) groups is 1. The van der Waals surface area contributed by atoms with Crippen LogP contribution in [0.2, 0.25) is 0 Å². The number of amides is 1. The lowest BCUT2D eigenvalue weighted by Gasteiger charge is -2.13. The van der Waals surface area contributed by atoms with Crippen LogP contribution in [0.15, 0.2) is 29.4 Å². The quantitative estimate of drug-likeness (QED) is 0.458. The number of hydrogen-bond donors (Lipinski definition) is 0. The third-order valence-corrected chi connectivity index (χ3v) is 4.27. The van der Waals surface area contributed by atoms with Gasteiger partial charge in [0, 0.05) is 25.5 Å². The Morgan fingerprint density at radius 2 is 2.40 bits per heavy atom. The van der Waals surface area contributed by atoms with E-state index in [2.05, 4.69) is 15.2 Å². The van der Waals surface area contributed by atoms with Crippen LogP contribution in [0.5, 0.6) is 0 Å². The summed E-state index contributed by atoms with van der Waals surface area (Å²) in [5.74, 6) is 0.883. The fraction of sp³-hybridized carbons (Fsp3) is 0.333. The number of pyridine rings is 1. The van der Waals surface area contributed by atoms with Crippen molar-refractivity contribution in [3.8, 4) is 0 Å². The zero-order valence-corrected chi connectivity index (χ0v) is 11.0. The lowest BCUT2D eigenvalue weighted by molar-refractivity contribution is 0.234. The number of nitrogens with zero attached hydrogens (tertiary/aromatic N) is 2. The van der Waals surface area contributed by atoms with E-state index >= 15 is 0 Å². The second-order valence-corrected chi connectivity index (χ2v) is 5.66. The minimum Gasteiger partial charge on any atom is -0.350 e. The summed E-state index contributed by atoms with van der Waals surface area (Å²) in [6.45, 7) is 0.729. The topological polar surface area (TPSA) is 33.2 Å². The standard InChI is InChI=1S/C9H11N2OS2Si/c1-11(9(12)15)6-7-13-14-8-4-2-3-5-10-8/h2-5H,6-7H2,1H3. The SMILES string of the molecule is CN(CCSSc1ccccn1)C(=O)[Si]. The first-order valence-corrected chi connectivity index (χ1v) is 7.19. The van der Waals surface area contributed by atoms with Crippen molar-refractivity contribution in [2.75, 3.05) is 19.3 Å². The molecule has 3 nitrogen and oxygen atoms in total. The van der Waals surface area contributed by atoms with E-state index in [-0.39, 0.29) is 5.53 Å². The summed E-state index contributed by atoms with van der Waals surface area (Å²) >= 11 is 0. The van der Waals surface area contributed by atoms with Crippen molar-refractivity contribution in [2.24, 2.45) is 0 Å². The zero-order valence-electron chi connectivity index (χ0n) is 8.34. The van der Waals surface area contributed by atoms with Crippen LogP contribution in [0.25, 0.3) is 0 Å². The van der Waals surface area contributed by atoms with Crippen molar-refractivity contribution in [1.82, 2.24) is 9.88 Å². The summed E-state index contributed by atoms with van der Waals surface area (Å²) in [5.41, 5.74) is -0.0848. The van der Waals surface area contributed by atoms with Crippen LogP contribution in [0.4, 0.5) is 4.79 Å². The first-order chi connectivity index (χ1) is 7.20. The van der Waals surface area contributed by atoms with Gasteiger partial charge in [-0.05, 0) is 22.9 Å². The second kappa shape index (κ2) is 6.92. The maximum Gasteiger partial charge on any atom is 0.187 e. The molecule has 0 unspecified atom stereocenters. The summed E-state index contributed by atoms with van der Waals surface area (Å²) in [7, 11) is 8.03. The second-order valence-electron chi connectivity index (χ2n) is 2.80. The van der Waals surface area contributed by atoms with E-state index in [0.717, 1.165) is 17.3 Å². The minimum absolute atomic E-state index is 0.0848. The van der Waals surface area contributed by atoms with Gasteiger partial charge in [-0.1, -0.05) is 16.9 Å². The minimum atomic E-state index is -0.0848. The van der Waals surface area contributed by atoms with Crippen molar-refractivity contribution in [2.45, 2.75) is 5.03 Å². The first kappa shape index (κ1) is 12.6. The number of carbonyl (C=O) groups excluding carboxylic acids is 1. The van der Waals surface area contributed by atoms with Crippen molar-refractivity contribution < 1.29 is 4.79 Å². The highest BCUT2D eigenvalue weighted by atomic mass is 33.1. The van der Waals surface area contributed by atoms with Gasteiger partial charge in [0.05, 0.1) is 0 Å². The molecule has 1 amide bonds. The third-order valence-electron chi connectivity index (χ3n) is 1.64. The molecular formula is C9H11N2OS2Si. The van der Waals surface area contributed by atoms with Gasteiger partial charge in [-0.3, -0.25) is 4.79 Å². The van der Waals surface area contributed by atoms with Crippen LogP contribution in [-0.4, -0.2) is 45.0 Å². The van der Waals surface area contributed by atoms with Crippen LogP contribution in [0.1, 0.15) is 0 Å². The molecule has 15 heavy (non-hydrogen) atoms. The molecule has 1 rings (SSSR count). The molecule has 1 heterocycles. The summed E-state index contributed by atoms with van der Waals surface area (Å²) in [5, 5.41) is 0.995. The summed E-state index contributed by atoms with van der Waals surface area (Å²) in [6, 6.07) is 5.83. The molecular weight excluding hydrogens is 244 g/mol. The van der Waals surface area contributed by atoms with Crippen LogP contribution in [0, 0.1) is 0 Å². The summed E-state index contributed by atoms with van der Waals surface area (Å²) < 4.78 is 0. The normalized spacial score (nSPS) is 10.0. The summed E-state index contributed by atoms with van der Waals surface area (Å²) in [4.78, 5) is 16.6. The molecule has 0 N–H and O–H groups in total. The molecule has 1 aromatic heterocycles. The van der Waals surface area contributed by atoms with E-state index < -0.39 is 0 Å². The van der Waals surface area contributed by atoms with E-state index in [1.54, 1.807) is 39.7 Å². The highest BCUT2D eigenvalue weighted by Crippen LogP contribution is 2.28. The van der Waals surface area contributed by atoms with Crippen LogP contribution in [0.3, 0.4) is 0 Å². The molecule has 0 aliphatic rings. The van der Waals surface area contributed by atoms with Crippen LogP contribution >= 0.6 is 21.6 Å². The van der Waals surface area contributed by atoms with Crippen molar-refractivity contribution in [3.63, 3.8) is 0 Å². The fourth-order valence-electron chi connectivity index (χ4n) is 0.774. The molecule has 0 bridgehead atoms. The average molecular weight is 255 g/mol. The van der Waals surface area contributed by atoms with E-state index in [1.807, 2.05) is 18.2 Å². The van der Waals surface area contributed by atoms with Crippen LogP contribution < -0.4 is 0 Å². The molecule has 0 fully saturated rings. The number of aromatic nitrogens is 1. The zero-order chi connectivity index (χ0) is 11.1. The Morgan fingerprint density at radius 3 is 3.00 bits per heavy atom. The highest BCUT2D eigenvalue weighted by Gasteiger charge is 2.01. The number of hydrogen-bond acceptors (Lipinski definition) is 4. The van der Waals surface area contributed by atoms with Gasteiger partial charge >= 0.3 is 0 Å². The first-order valence-electron chi connectivity index (χ1n) is 4.37. The molecule has 0 aliphatic heterocycles. The molecule has 3 radical (unpaired) electrons. The van der Waals surface area contributed by atoms with E-state index in [9.17, 15) is 4.79 Å². The molecule has 79 valence electrons. The smallest absolute Gasteiger partial charge is 0.187 e. The fourth-order valence-corrected chi connectivity index (χ4v) is 2.81. The van der Waals surface area contributed by atoms with Gasteiger partial charge in [0.2, 0.25) is 0 Å². The Hall–Kier alpha value is -0.463. The molecule has 0 atom stereocenters. The molecule has 0 saturated carbocycles. The van der Waals surface area contributed by atoms with Gasteiger partial charge in [0.1, 0.15) is 5.03 Å². The maximum absolute atomic E-state index is 10.8. The van der Waals surface area contributed by atoms with Gasteiger partial charge < -0.3 is 4.90 Å². The van der Waals surface area contributed by atoms with Gasteiger partial charge in [0.15, 0.2) is 15.8 Å². The largest absolute Gasteiger partial charge is 0.350 e. The van der Waals surface area contributed by atoms with E-state index in [4.69, 9.17) is 0 Å². The molecule has 0 aliphatic carbocycles. The molecule has 0 spiro atoms. The highest BCUT2D eigenvalue weighted by molar-refractivity contribution is 8.76. The predicted molar refractivity (Wildman–Crippen MR) is 66.3 cm³/mol. The Morgan fingerprint density at radius 1 is 1.60 bits per heavy atom. The van der Waals surface area contributed by atoms with Gasteiger partial charge in [-0.2, -0.15) is 0 Å². The Kier molecular flexibility index (Phi) is 5.81. The van der Waals surface area contributed by atoms with Crippen molar-refractivity contribution in [3.05, 3.63) is 24.4 Å². The summed E-state index contributed by atoms with van der Waals surface area (Å²) in [6.07, 6.45) is 1.77. The van der Waals surface area contributed by atoms with E-state index in [1.165, 1.54) is 0 Å². The van der Waals surface area contributed by atoms with E-state index in [0.29, 0.717) is 0 Å². The van der Waals surface area contributed by atoms with Crippen molar-refractivity contribution in [1.29, 1.82) is 0 Å². The molecule has 0 saturated heterocycles.